The summed E-state index contributed by atoms with van der Waals surface area (Å²) in [7, 11) is 0. The first kappa shape index (κ1) is 12.2. The Hall–Kier alpha value is -1.30. The average Bonchev–Trinajstić information content (AvgIpc) is 2.26. The summed E-state index contributed by atoms with van der Waals surface area (Å²) in [6.45, 7) is -0.261. The maximum absolute atomic E-state index is 13.2. The molecule has 0 aromatic carbocycles. The first-order valence-corrected chi connectivity index (χ1v) is 5.50. The number of rotatable bonds is 1. The number of alkyl halides is 2. The van der Waals surface area contributed by atoms with Gasteiger partial charge in [0.05, 0.1) is 18.9 Å². The lowest BCUT2D eigenvalue weighted by molar-refractivity contribution is -0.0561. The second-order valence-corrected chi connectivity index (χ2v) is 4.30. The molecule has 2 heterocycles. The van der Waals surface area contributed by atoms with E-state index in [1.54, 1.807) is 0 Å². The van der Waals surface area contributed by atoms with Crippen LogP contribution in [0.5, 0.6) is 0 Å². The van der Waals surface area contributed by atoms with Gasteiger partial charge in [-0.2, -0.15) is 0 Å². The van der Waals surface area contributed by atoms with Crippen molar-refractivity contribution < 1.29 is 13.6 Å². The fourth-order valence-corrected chi connectivity index (χ4v) is 1.89. The largest absolute Gasteiger partial charge is 0.331 e. The fraction of sp³-hybridized carbons (Fsp3) is 0.500. The summed E-state index contributed by atoms with van der Waals surface area (Å²) in [6, 6.07) is 0. The molecule has 1 aliphatic rings. The zero-order chi connectivity index (χ0) is 12.5. The third kappa shape index (κ3) is 2.88. The van der Waals surface area contributed by atoms with E-state index < -0.39 is 18.4 Å². The molecule has 0 radical (unpaired) electrons. The Kier molecular flexibility index (Phi) is 3.24. The van der Waals surface area contributed by atoms with Gasteiger partial charge in [-0.3, -0.25) is 9.78 Å². The standard InChI is InChI=1S/C10H10ClF2N3O/c11-8-5-14-4-7(15-8)9(17)16-3-1-2-10(12,13)6-16/h4-5H,1-3,6H2. The van der Waals surface area contributed by atoms with Crippen LogP contribution in [0.1, 0.15) is 23.3 Å². The minimum atomic E-state index is -2.82. The zero-order valence-corrected chi connectivity index (χ0v) is 9.62. The van der Waals surface area contributed by atoms with E-state index in [4.69, 9.17) is 11.6 Å². The quantitative estimate of drug-likeness (QED) is 0.777. The summed E-state index contributed by atoms with van der Waals surface area (Å²) >= 11 is 5.59. The van der Waals surface area contributed by atoms with Crippen LogP contribution in [0, 0.1) is 0 Å². The Morgan fingerprint density at radius 3 is 2.88 bits per heavy atom. The minimum Gasteiger partial charge on any atom is -0.331 e. The minimum absolute atomic E-state index is 0.00444. The Morgan fingerprint density at radius 2 is 2.24 bits per heavy atom. The van der Waals surface area contributed by atoms with Crippen molar-refractivity contribution in [1.82, 2.24) is 14.9 Å². The number of nitrogens with zero attached hydrogens (tertiary/aromatic N) is 3. The summed E-state index contributed by atoms with van der Waals surface area (Å²) in [4.78, 5) is 20.4. The van der Waals surface area contributed by atoms with Crippen LogP contribution in [0.2, 0.25) is 5.15 Å². The molecule has 0 unspecified atom stereocenters. The summed E-state index contributed by atoms with van der Waals surface area (Å²) in [5.41, 5.74) is -0.00444. The molecule has 0 aliphatic carbocycles. The normalized spacial score (nSPS) is 19.1. The Labute approximate surface area is 102 Å². The van der Waals surface area contributed by atoms with Gasteiger partial charge in [0.1, 0.15) is 10.8 Å². The number of halogens is 3. The molecule has 0 N–H and O–H groups in total. The average molecular weight is 262 g/mol. The molecule has 0 atom stereocenters. The van der Waals surface area contributed by atoms with Gasteiger partial charge in [0.15, 0.2) is 0 Å². The van der Waals surface area contributed by atoms with Crippen LogP contribution in [0.3, 0.4) is 0 Å². The van der Waals surface area contributed by atoms with Crippen molar-refractivity contribution in [2.45, 2.75) is 18.8 Å². The van der Waals surface area contributed by atoms with E-state index in [-0.39, 0.29) is 23.7 Å². The maximum atomic E-state index is 13.2. The maximum Gasteiger partial charge on any atom is 0.274 e. The molecule has 1 aromatic heterocycles. The van der Waals surface area contributed by atoms with E-state index in [1.807, 2.05) is 0 Å². The molecule has 7 heteroatoms. The van der Waals surface area contributed by atoms with Crippen molar-refractivity contribution in [3.05, 3.63) is 23.2 Å². The van der Waals surface area contributed by atoms with E-state index in [0.29, 0.717) is 6.54 Å². The molecule has 1 fully saturated rings. The predicted molar refractivity (Wildman–Crippen MR) is 57.1 cm³/mol. The molecule has 0 saturated carbocycles. The van der Waals surface area contributed by atoms with Gasteiger partial charge >= 0.3 is 0 Å². The third-order valence-corrected chi connectivity index (χ3v) is 2.69. The smallest absolute Gasteiger partial charge is 0.274 e. The molecule has 92 valence electrons. The summed E-state index contributed by atoms with van der Waals surface area (Å²) in [5.74, 6) is -3.38. The van der Waals surface area contributed by atoms with E-state index in [1.165, 1.54) is 12.4 Å². The highest BCUT2D eigenvalue weighted by Crippen LogP contribution is 2.27. The van der Waals surface area contributed by atoms with Gasteiger partial charge in [0, 0.05) is 13.0 Å². The summed E-state index contributed by atoms with van der Waals surface area (Å²) < 4.78 is 26.3. The fourth-order valence-electron chi connectivity index (χ4n) is 1.75. The number of aromatic nitrogens is 2. The van der Waals surface area contributed by atoms with Gasteiger partial charge in [-0.25, -0.2) is 13.8 Å². The van der Waals surface area contributed by atoms with Gasteiger partial charge < -0.3 is 4.90 Å². The van der Waals surface area contributed by atoms with Crippen molar-refractivity contribution in [1.29, 1.82) is 0 Å². The monoisotopic (exact) mass is 261 g/mol. The molecule has 1 aromatic rings. The van der Waals surface area contributed by atoms with E-state index >= 15 is 0 Å². The van der Waals surface area contributed by atoms with Gasteiger partial charge in [0.25, 0.3) is 11.8 Å². The lowest BCUT2D eigenvalue weighted by Gasteiger charge is -2.32. The number of carbonyl (C=O) groups excluding carboxylic acids is 1. The van der Waals surface area contributed by atoms with Gasteiger partial charge in [-0.15, -0.1) is 0 Å². The van der Waals surface area contributed by atoms with Crippen LogP contribution < -0.4 is 0 Å². The molecule has 17 heavy (non-hydrogen) atoms. The van der Waals surface area contributed by atoms with E-state index in [2.05, 4.69) is 9.97 Å². The van der Waals surface area contributed by atoms with Crippen LogP contribution in [0.25, 0.3) is 0 Å². The number of piperidine rings is 1. The number of likely N-dealkylation sites (tertiary alicyclic amines) is 1. The zero-order valence-electron chi connectivity index (χ0n) is 8.87. The second kappa shape index (κ2) is 4.52. The predicted octanol–water partition coefficient (Wildman–Crippen LogP) is 2.00. The Morgan fingerprint density at radius 1 is 1.47 bits per heavy atom. The van der Waals surface area contributed by atoms with Crippen LogP contribution in [-0.4, -0.2) is 39.8 Å². The number of hydrogen-bond acceptors (Lipinski definition) is 3. The summed E-state index contributed by atoms with van der Waals surface area (Å²) in [5, 5.41) is 0.0691. The highest BCUT2D eigenvalue weighted by atomic mass is 35.5. The molecule has 1 aliphatic heterocycles. The first-order valence-electron chi connectivity index (χ1n) is 5.13. The highest BCUT2D eigenvalue weighted by Gasteiger charge is 2.37. The van der Waals surface area contributed by atoms with Crippen LogP contribution >= 0.6 is 11.6 Å². The lowest BCUT2D eigenvalue weighted by Crippen LogP contribution is -2.45. The van der Waals surface area contributed by atoms with E-state index in [9.17, 15) is 13.6 Å². The highest BCUT2D eigenvalue weighted by molar-refractivity contribution is 6.29. The van der Waals surface area contributed by atoms with Crippen LogP contribution in [-0.2, 0) is 0 Å². The van der Waals surface area contributed by atoms with Crippen LogP contribution in [0.15, 0.2) is 12.4 Å². The molecule has 1 saturated heterocycles. The van der Waals surface area contributed by atoms with Crippen LogP contribution in [0.4, 0.5) is 8.78 Å². The number of hydrogen-bond donors (Lipinski definition) is 0. The van der Waals surface area contributed by atoms with Crippen molar-refractivity contribution >= 4 is 17.5 Å². The van der Waals surface area contributed by atoms with E-state index in [0.717, 1.165) is 4.90 Å². The third-order valence-electron chi connectivity index (χ3n) is 2.50. The van der Waals surface area contributed by atoms with Gasteiger partial charge in [0.2, 0.25) is 0 Å². The molecular formula is C10H10ClF2N3O. The topological polar surface area (TPSA) is 46.1 Å². The Balaban J connectivity index is 2.15. The van der Waals surface area contributed by atoms with Crippen molar-refractivity contribution in [3.8, 4) is 0 Å². The first-order chi connectivity index (χ1) is 7.98. The van der Waals surface area contributed by atoms with Gasteiger partial charge in [-0.1, -0.05) is 11.6 Å². The van der Waals surface area contributed by atoms with Crippen molar-refractivity contribution in [3.63, 3.8) is 0 Å². The molecular weight excluding hydrogens is 252 g/mol. The van der Waals surface area contributed by atoms with Gasteiger partial charge in [-0.05, 0) is 6.42 Å². The molecule has 2 rings (SSSR count). The number of carbonyl (C=O) groups is 1. The molecule has 4 nitrogen and oxygen atoms in total. The van der Waals surface area contributed by atoms with Crippen molar-refractivity contribution in [2.24, 2.45) is 0 Å². The SMILES string of the molecule is O=C(c1cncc(Cl)n1)N1CCCC(F)(F)C1. The molecule has 0 bridgehead atoms. The molecule has 0 spiro atoms. The Bertz CT molecular complexity index is 441. The second-order valence-electron chi connectivity index (χ2n) is 3.91. The van der Waals surface area contributed by atoms with Crippen molar-refractivity contribution in [2.75, 3.05) is 13.1 Å². The molecule has 1 amide bonds. The lowest BCUT2D eigenvalue weighted by atomic mass is 10.1. The summed E-state index contributed by atoms with van der Waals surface area (Å²) in [6.07, 6.45) is 2.61. The number of amides is 1.